The van der Waals surface area contributed by atoms with Crippen LogP contribution in [0.3, 0.4) is 0 Å². The monoisotopic (exact) mass is 306 g/mol. The highest BCUT2D eigenvalue weighted by atomic mass is 16.2. The lowest BCUT2D eigenvalue weighted by atomic mass is 10.1. The van der Waals surface area contributed by atoms with Crippen molar-refractivity contribution in [1.82, 2.24) is 9.88 Å². The lowest BCUT2D eigenvalue weighted by molar-refractivity contribution is -0.129. The number of carbonyl (C=O) groups excluding carboxylic acids is 1. The van der Waals surface area contributed by atoms with Gasteiger partial charge in [0.05, 0.1) is 0 Å². The van der Waals surface area contributed by atoms with Gasteiger partial charge in [0.15, 0.2) is 0 Å². The van der Waals surface area contributed by atoms with Gasteiger partial charge in [-0.1, -0.05) is 36.4 Å². The van der Waals surface area contributed by atoms with Gasteiger partial charge in [-0.15, -0.1) is 0 Å². The standard InChI is InChI=1S/C20H22N2O/c1-16(19-10-11-19)22(15-18-6-3-2-4-7-18)20(23)12-9-17-8-5-13-21-14-17/h2-9,12-14,16,19H,10-11,15H2,1H3/b12-9+. The average molecular weight is 306 g/mol. The zero-order valence-corrected chi connectivity index (χ0v) is 13.4. The Bertz CT molecular complexity index is 663. The van der Waals surface area contributed by atoms with Crippen LogP contribution in [-0.4, -0.2) is 21.8 Å². The van der Waals surface area contributed by atoms with E-state index >= 15 is 0 Å². The SMILES string of the molecule is CC(C1CC1)N(Cc1ccccc1)C(=O)/C=C/c1cccnc1. The van der Waals surface area contributed by atoms with Crippen LogP contribution in [0, 0.1) is 5.92 Å². The molecule has 1 aliphatic carbocycles. The first kappa shape index (κ1) is 15.5. The van der Waals surface area contributed by atoms with Crippen LogP contribution < -0.4 is 0 Å². The maximum Gasteiger partial charge on any atom is 0.247 e. The van der Waals surface area contributed by atoms with E-state index in [4.69, 9.17) is 0 Å². The molecule has 3 heteroatoms. The van der Waals surface area contributed by atoms with Gasteiger partial charge < -0.3 is 4.90 Å². The highest BCUT2D eigenvalue weighted by Gasteiger charge is 2.33. The highest BCUT2D eigenvalue weighted by Crippen LogP contribution is 2.35. The molecule has 1 saturated carbocycles. The summed E-state index contributed by atoms with van der Waals surface area (Å²) >= 11 is 0. The van der Waals surface area contributed by atoms with E-state index in [1.807, 2.05) is 41.3 Å². The van der Waals surface area contributed by atoms with Crippen LogP contribution in [0.1, 0.15) is 30.9 Å². The van der Waals surface area contributed by atoms with Gasteiger partial charge in [0.1, 0.15) is 0 Å². The molecular formula is C20H22N2O. The molecule has 1 aromatic heterocycles. The highest BCUT2D eigenvalue weighted by molar-refractivity contribution is 5.92. The minimum Gasteiger partial charge on any atom is -0.332 e. The Labute approximate surface area is 137 Å². The molecule has 118 valence electrons. The number of amides is 1. The van der Waals surface area contributed by atoms with Crippen LogP contribution in [0.5, 0.6) is 0 Å². The summed E-state index contributed by atoms with van der Waals surface area (Å²) in [6.07, 6.45) is 9.45. The Balaban J connectivity index is 1.74. The van der Waals surface area contributed by atoms with Gasteiger partial charge in [-0.05, 0) is 49.0 Å². The van der Waals surface area contributed by atoms with Crippen molar-refractivity contribution in [3.63, 3.8) is 0 Å². The van der Waals surface area contributed by atoms with Crippen molar-refractivity contribution in [3.8, 4) is 0 Å². The molecule has 0 spiro atoms. The number of benzene rings is 1. The fraction of sp³-hybridized carbons (Fsp3) is 0.300. The second-order valence-electron chi connectivity index (χ2n) is 6.15. The van der Waals surface area contributed by atoms with Crippen molar-refractivity contribution >= 4 is 12.0 Å². The largest absolute Gasteiger partial charge is 0.332 e. The molecule has 1 aliphatic rings. The van der Waals surface area contributed by atoms with Gasteiger partial charge in [0.25, 0.3) is 0 Å². The summed E-state index contributed by atoms with van der Waals surface area (Å²) < 4.78 is 0. The van der Waals surface area contributed by atoms with Gasteiger partial charge in [0, 0.05) is 31.1 Å². The first-order valence-corrected chi connectivity index (χ1v) is 8.16. The first-order chi connectivity index (χ1) is 11.2. The molecule has 0 bridgehead atoms. The van der Waals surface area contributed by atoms with Crippen molar-refractivity contribution in [2.24, 2.45) is 5.92 Å². The predicted molar refractivity (Wildman–Crippen MR) is 92.4 cm³/mol. The number of nitrogens with zero attached hydrogens (tertiary/aromatic N) is 2. The van der Waals surface area contributed by atoms with E-state index < -0.39 is 0 Å². The molecule has 1 amide bonds. The fourth-order valence-corrected chi connectivity index (χ4v) is 2.77. The molecule has 1 heterocycles. The molecule has 1 unspecified atom stereocenters. The van der Waals surface area contributed by atoms with Gasteiger partial charge in [-0.25, -0.2) is 0 Å². The summed E-state index contributed by atoms with van der Waals surface area (Å²) in [6.45, 7) is 2.82. The normalized spacial score (nSPS) is 15.5. The Morgan fingerprint density at radius 2 is 2.04 bits per heavy atom. The van der Waals surface area contributed by atoms with Crippen LogP contribution >= 0.6 is 0 Å². The van der Waals surface area contributed by atoms with E-state index in [0.717, 1.165) is 5.56 Å². The lowest BCUT2D eigenvalue weighted by Gasteiger charge is -2.28. The maximum atomic E-state index is 12.7. The number of hydrogen-bond donors (Lipinski definition) is 0. The van der Waals surface area contributed by atoms with Crippen molar-refractivity contribution in [2.45, 2.75) is 32.4 Å². The molecule has 1 aromatic carbocycles. The topological polar surface area (TPSA) is 33.2 Å². The molecule has 2 aromatic rings. The van der Waals surface area contributed by atoms with Crippen LogP contribution in [-0.2, 0) is 11.3 Å². The number of aromatic nitrogens is 1. The van der Waals surface area contributed by atoms with Crippen molar-refractivity contribution in [2.75, 3.05) is 0 Å². The number of carbonyl (C=O) groups is 1. The second-order valence-corrected chi connectivity index (χ2v) is 6.15. The maximum absolute atomic E-state index is 12.7. The minimum absolute atomic E-state index is 0.0668. The van der Waals surface area contributed by atoms with E-state index in [1.165, 1.54) is 18.4 Å². The van der Waals surface area contributed by atoms with Crippen molar-refractivity contribution in [1.29, 1.82) is 0 Å². The van der Waals surface area contributed by atoms with E-state index in [9.17, 15) is 4.79 Å². The van der Waals surface area contributed by atoms with Crippen LogP contribution in [0.4, 0.5) is 0 Å². The first-order valence-electron chi connectivity index (χ1n) is 8.16. The molecule has 0 saturated heterocycles. The summed E-state index contributed by atoms with van der Waals surface area (Å²) in [7, 11) is 0. The van der Waals surface area contributed by atoms with E-state index in [0.29, 0.717) is 12.5 Å². The third-order valence-corrected chi connectivity index (χ3v) is 4.38. The number of rotatable bonds is 6. The molecule has 23 heavy (non-hydrogen) atoms. The van der Waals surface area contributed by atoms with Gasteiger partial charge in [0.2, 0.25) is 5.91 Å². The lowest BCUT2D eigenvalue weighted by Crippen LogP contribution is -2.38. The van der Waals surface area contributed by atoms with Crippen LogP contribution in [0.15, 0.2) is 60.9 Å². The van der Waals surface area contributed by atoms with Crippen LogP contribution in [0.2, 0.25) is 0 Å². The number of pyridine rings is 1. The quantitative estimate of drug-likeness (QED) is 0.758. The molecule has 0 aliphatic heterocycles. The molecule has 1 fully saturated rings. The fourth-order valence-electron chi connectivity index (χ4n) is 2.77. The number of hydrogen-bond acceptors (Lipinski definition) is 2. The Morgan fingerprint density at radius 1 is 1.26 bits per heavy atom. The van der Waals surface area contributed by atoms with Gasteiger partial charge in [-0.3, -0.25) is 9.78 Å². The Kier molecular flexibility index (Phi) is 4.86. The zero-order valence-electron chi connectivity index (χ0n) is 13.4. The summed E-state index contributed by atoms with van der Waals surface area (Å²) in [5.41, 5.74) is 2.11. The summed E-state index contributed by atoms with van der Waals surface area (Å²) in [6, 6.07) is 14.3. The van der Waals surface area contributed by atoms with Crippen LogP contribution in [0.25, 0.3) is 6.08 Å². The zero-order chi connectivity index (χ0) is 16.1. The second kappa shape index (κ2) is 7.23. The van der Waals surface area contributed by atoms with Gasteiger partial charge >= 0.3 is 0 Å². The molecule has 0 N–H and O–H groups in total. The molecule has 0 radical (unpaired) electrons. The third-order valence-electron chi connectivity index (χ3n) is 4.38. The van der Waals surface area contributed by atoms with E-state index in [2.05, 4.69) is 24.0 Å². The third kappa shape index (κ3) is 4.28. The summed E-state index contributed by atoms with van der Waals surface area (Å²) in [4.78, 5) is 18.8. The Hall–Kier alpha value is -2.42. The molecule has 1 atom stereocenters. The van der Waals surface area contributed by atoms with E-state index in [1.54, 1.807) is 18.5 Å². The smallest absolute Gasteiger partial charge is 0.247 e. The van der Waals surface area contributed by atoms with Crippen molar-refractivity contribution in [3.05, 3.63) is 72.1 Å². The molecular weight excluding hydrogens is 284 g/mol. The predicted octanol–water partition coefficient (Wildman–Crippen LogP) is 3.92. The summed E-state index contributed by atoms with van der Waals surface area (Å²) in [5.74, 6) is 0.714. The minimum atomic E-state index is 0.0668. The van der Waals surface area contributed by atoms with Gasteiger partial charge in [-0.2, -0.15) is 0 Å². The van der Waals surface area contributed by atoms with E-state index in [-0.39, 0.29) is 11.9 Å². The molecule has 3 rings (SSSR count). The summed E-state index contributed by atoms with van der Waals surface area (Å²) in [5, 5.41) is 0. The molecule has 3 nitrogen and oxygen atoms in total. The Morgan fingerprint density at radius 3 is 2.70 bits per heavy atom. The average Bonchev–Trinajstić information content (AvgIpc) is 3.44. The van der Waals surface area contributed by atoms with Crippen molar-refractivity contribution < 1.29 is 4.79 Å².